The molecule has 6 heteroatoms. The minimum Gasteiger partial charge on any atom is -0.465 e. The number of ether oxygens (including phenoxy) is 3. The van der Waals surface area contributed by atoms with Gasteiger partial charge in [-0.3, -0.25) is 9.59 Å². The van der Waals surface area contributed by atoms with Crippen LogP contribution in [0.15, 0.2) is 11.6 Å². The summed E-state index contributed by atoms with van der Waals surface area (Å²) in [5.74, 6) is 0.693. The largest absolute Gasteiger partial charge is 0.465 e. The number of hydrogen-bond donors (Lipinski definition) is 0. The number of allylic oxidation sites excluding steroid dienone is 1. The third kappa shape index (κ3) is 4.37. The van der Waals surface area contributed by atoms with Gasteiger partial charge in [-0.15, -0.1) is 0 Å². The van der Waals surface area contributed by atoms with E-state index in [1.54, 1.807) is 0 Å². The Morgan fingerprint density at radius 2 is 1.91 bits per heavy atom. The molecule has 0 saturated heterocycles. The lowest BCUT2D eigenvalue weighted by molar-refractivity contribution is -0.164. The first-order valence-electron chi connectivity index (χ1n) is 12.9. The van der Waals surface area contributed by atoms with Crippen LogP contribution in [-0.2, 0) is 23.8 Å². The van der Waals surface area contributed by atoms with E-state index >= 15 is 4.39 Å². The topological polar surface area (TPSA) is 61.8 Å². The Labute approximate surface area is 197 Å². The summed E-state index contributed by atoms with van der Waals surface area (Å²) in [6.07, 6.45) is 6.70. The molecule has 0 amide bonds. The zero-order chi connectivity index (χ0) is 24.0. The van der Waals surface area contributed by atoms with Gasteiger partial charge in [0.25, 0.3) is 0 Å². The molecule has 0 aromatic rings. The SMILES string of the molecule is CCOC1C=C2[C@@H](F)C[C@H]3[C@@H]4C[C@@H](C)[C@@H](OC(=O)CCOC(C)=O)[C@@]4(C)CC[C@@H]3[C@@]2(C)CC1. The van der Waals surface area contributed by atoms with Crippen molar-refractivity contribution in [1.82, 2.24) is 0 Å². The second-order valence-electron chi connectivity index (χ2n) is 11.4. The number of rotatable bonds is 6. The van der Waals surface area contributed by atoms with Crippen LogP contribution >= 0.6 is 0 Å². The molecular formula is C27H41FO5. The maximum atomic E-state index is 15.7. The summed E-state index contributed by atoms with van der Waals surface area (Å²) in [5.41, 5.74) is 0.758. The normalized spacial score (nSPS) is 44.2. The number of esters is 2. The molecule has 4 rings (SSSR count). The fourth-order valence-corrected chi connectivity index (χ4v) is 8.09. The van der Waals surface area contributed by atoms with Crippen LogP contribution in [0.2, 0.25) is 0 Å². The summed E-state index contributed by atoms with van der Waals surface area (Å²) in [6, 6.07) is 0. The van der Waals surface area contributed by atoms with E-state index in [0.29, 0.717) is 30.8 Å². The van der Waals surface area contributed by atoms with Gasteiger partial charge < -0.3 is 14.2 Å². The second-order valence-corrected chi connectivity index (χ2v) is 11.4. The maximum Gasteiger partial charge on any atom is 0.309 e. The first-order chi connectivity index (χ1) is 15.6. The van der Waals surface area contributed by atoms with E-state index < -0.39 is 12.1 Å². The Kier molecular flexibility index (Phi) is 6.97. The van der Waals surface area contributed by atoms with Crippen LogP contribution in [0.1, 0.15) is 79.6 Å². The molecule has 4 aliphatic carbocycles. The number of fused-ring (bicyclic) bond motifs is 5. The van der Waals surface area contributed by atoms with Crippen LogP contribution in [0.3, 0.4) is 0 Å². The van der Waals surface area contributed by atoms with Crippen molar-refractivity contribution in [3.63, 3.8) is 0 Å². The molecule has 0 heterocycles. The highest BCUT2D eigenvalue weighted by Gasteiger charge is 2.63. The molecule has 0 aromatic heterocycles. The molecule has 3 saturated carbocycles. The van der Waals surface area contributed by atoms with Crippen LogP contribution in [-0.4, -0.2) is 43.5 Å². The molecule has 0 N–H and O–H groups in total. The van der Waals surface area contributed by atoms with E-state index in [1.807, 2.05) is 6.92 Å². The van der Waals surface area contributed by atoms with Crippen molar-refractivity contribution >= 4 is 11.9 Å². The number of halogens is 1. The van der Waals surface area contributed by atoms with E-state index in [-0.39, 0.29) is 48.0 Å². The number of alkyl halides is 1. The molecular weight excluding hydrogens is 423 g/mol. The van der Waals surface area contributed by atoms with Gasteiger partial charge in [0, 0.05) is 18.9 Å². The van der Waals surface area contributed by atoms with Gasteiger partial charge in [0.2, 0.25) is 0 Å². The lowest BCUT2D eigenvalue weighted by Gasteiger charge is -2.59. The summed E-state index contributed by atoms with van der Waals surface area (Å²) in [6.45, 7) is 10.8. The number of carbonyl (C=O) groups excluding carboxylic acids is 2. The lowest BCUT2D eigenvalue weighted by atomic mass is 9.47. The molecule has 9 atom stereocenters. The minimum atomic E-state index is -0.914. The first-order valence-corrected chi connectivity index (χ1v) is 12.9. The highest BCUT2D eigenvalue weighted by atomic mass is 19.1. The molecule has 186 valence electrons. The standard InChI is InChI=1S/C27H41FO5/c1-6-31-18-7-10-26(4)20-8-11-27(5)21(19(20)15-23(28)22(26)14-18)13-16(2)25(27)33-24(30)9-12-32-17(3)29/h14,16,18-21,23,25H,6-13,15H2,1-5H3/t16-,18?,19-,20+,21+,23+,25-,26-,27+/m1/s1. The molecule has 0 bridgehead atoms. The van der Waals surface area contributed by atoms with Crippen LogP contribution < -0.4 is 0 Å². The van der Waals surface area contributed by atoms with E-state index in [1.165, 1.54) is 6.92 Å². The van der Waals surface area contributed by atoms with Gasteiger partial charge in [-0.25, -0.2) is 4.39 Å². The van der Waals surface area contributed by atoms with Crippen LogP contribution in [0.25, 0.3) is 0 Å². The van der Waals surface area contributed by atoms with Crippen molar-refractivity contribution in [1.29, 1.82) is 0 Å². The summed E-state index contributed by atoms with van der Waals surface area (Å²) in [5, 5.41) is 0. The highest BCUT2D eigenvalue weighted by molar-refractivity contribution is 5.71. The van der Waals surface area contributed by atoms with Gasteiger partial charge in [0.05, 0.1) is 12.5 Å². The first kappa shape index (κ1) is 24.7. The van der Waals surface area contributed by atoms with Crippen molar-refractivity contribution < 1.29 is 28.2 Å². The summed E-state index contributed by atoms with van der Waals surface area (Å²) in [4.78, 5) is 23.5. The third-order valence-corrected chi connectivity index (χ3v) is 9.53. The summed E-state index contributed by atoms with van der Waals surface area (Å²) >= 11 is 0. The molecule has 0 aromatic carbocycles. The van der Waals surface area contributed by atoms with Crippen LogP contribution in [0, 0.1) is 34.5 Å². The van der Waals surface area contributed by atoms with Crippen molar-refractivity contribution in [2.45, 2.75) is 97.9 Å². The number of hydrogen-bond acceptors (Lipinski definition) is 5. The Balaban J connectivity index is 1.51. The molecule has 33 heavy (non-hydrogen) atoms. The van der Waals surface area contributed by atoms with Gasteiger partial charge in [0.1, 0.15) is 18.9 Å². The zero-order valence-corrected chi connectivity index (χ0v) is 20.9. The minimum absolute atomic E-state index is 0.0454. The predicted molar refractivity (Wildman–Crippen MR) is 123 cm³/mol. The van der Waals surface area contributed by atoms with Crippen molar-refractivity contribution in [2.75, 3.05) is 13.2 Å². The average molecular weight is 465 g/mol. The fourth-order valence-electron chi connectivity index (χ4n) is 8.09. The van der Waals surface area contributed by atoms with Crippen LogP contribution in [0.4, 0.5) is 4.39 Å². The van der Waals surface area contributed by atoms with E-state index in [9.17, 15) is 9.59 Å². The van der Waals surface area contributed by atoms with E-state index in [0.717, 1.165) is 37.7 Å². The van der Waals surface area contributed by atoms with Gasteiger partial charge in [-0.2, -0.15) is 0 Å². The van der Waals surface area contributed by atoms with Gasteiger partial charge in [0.15, 0.2) is 0 Å². The molecule has 0 radical (unpaired) electrons. The monoisotopic (exact) mass is 464 g/mol. The van der Waals surface area contributed by atoms with Gasteiger partial charge in [-0.05, 0) is 80.1 Å². The average Bonchev–Trinajstić information content (AvgIpc) is 2.99. The quantitative estimate of drug-likeness (QED) is 0.388. The van der Waals surface area contributed by atoms with Crippen molar-refractivity contribution in [3.05, 3.63) is 11.6 Å². The van der Waals surface area contributed by atoms with Crippen molar-refractivity contribution in [2.24, 2.45) is 34.5 Å². The zero-order valence-electron chi connectivity index (χ0n) is 20.9. The fraction of sp³-hybridized carbons (Fsp3) is 0.852. The Hall–Kier alpha value is -1.43. The Morgan fingerprint density at radius 1 is 1.15 bits per heavy atom. The highest BCUT2D eigenvalue weighted by Crippen LogP contribution is 2.67. The lowest BCUT2D eigenvalue weighted by Crippen LogP contribution is -2.54. The third-order valence-electron chi connectivity index (χ3n) is 9.53. The maximum absolute atomic E-state index is 15.7. The van der Waals surface area contributed by atoms with E-state index in [4.69, 9.17) is 14.2 Å². The summed E-state index contributed by atoms with van der Waals surface area (Å²) < 4.78 is 32.4. The molecule has 4 aliphatic rings. The molecule has 0 aliphatic heterocycles. The molecule has 0 spiro atoms. The molecule has 3 fully saturated rings. The molecule has 5 nitrogen and oxygen atoms in total. The van der Waals surface area contributed by atoms with Crippen molar-refractivity contribution in [3.8, 4) is 0 Å². The summed E-state index contributed by atoms with van der Waals surface area (Å²) in [7, 11) is 0. The smallest absolute Gasteiger partial charge is 0.309 e. The molecule has 1 unspecified atom stereocenters. The van der Waals surface area contributed by atoms with Crippen LogP contribution in [0.5, 0.6) is 0 Å². The van der Waals surface area contributed by atoms with Gasteiger partial charge >= 0.3 is 11.9 Å². The Bertz CT molecular complexity index is 795. The van der Waals surface area contributed by atoms with E-state index in [2.05, 4.69) is 26.8 Å². The Morgan fingerprint density at radius 3 is 2.61 bits per heavy atom. The number of carbonyl (C=O) groups is 2. The predicted octanol–water partition coefficient (Wildman–Crippen LogP) is 5.41. The second kappa shape index (κ2) is 9.31. The van der Waals surface area contributed by atoms with Gasteiger partial charge in [-0.1, -0.05) is 26.8 Å².